The highest BCUT2D eigenvalue weighted by atomic mass is 79.9. The molecule has 0 unspecified atom stereocenters. The van der Waals surface area contributed by atoms with Crippen LogP contribution in [0.2, 0.25) is 0 Å². The molecule has 30 heavy (non-hydrogen) atoms. The van der Waals surface area contributed by atoms with E-state index in [1.165, 1.54) is 0 Å². The molecule has 0 radical (unpaired) electrons. The van der Waals surface area contributed by atoms with Gasteiger partial charge in [-0.3, -0.25) is 9.69 Å². The predicted molar refractivity (Wildman–Crippen MR) is 123 cm³/mol. The molecule has 0 aliphatic carbocycles. The first-order valence-corrected chi connectivity index (χ1v) is 10.5. The molecule has 3 rings (SSSR count). The number of aryl methyl sites for hydroxylation is 1. The van der Waals surface area contributed by atoms with Crippen LogP contribution in [0.25, 0.3) is 5.57 Å². The van der Waals surface area contributed by atoms with Crippen LogP contribution >= 0.6 is 15.9 Å². The summed E-state index contributed by atoms with van der Waals surface area (Å²) in [6, 6.07) is 9.54. The van der Waals surface area contributed by atoms with Crippen molar-refractivity contribution in [1.29, 1.82) is 0 Å². The first-order chi connectivity index (χ1) is 14.4. The van der Waals surface area contributed by atoms with Crippen molar-refractivity contribution in [2.24, 2.45) is 0 Å². The molecule has 1 aliphatic heterocycles. The van der Waals surface area contributed by atoms with Crippen molar-refractivity contribution < 1.29 is 19.0 Å². The van der Waals surface area contributed by atoms with E-state index in [1.807, 2.05) is 37.3 Å². The lowest BCUT2D eigenvalue weighted by Gasteiger charge is -2.27. The van der Waals surface area contributed by atoms with Crippen molar-refractivity contribution in [3.05, 3.63) is 52.0 Å². The van der Waals surface area contributed by atoms with Crippen LogP contribution in [0.5, 0.6) is 17.2 Å². The summed E-state index contributed by atoms with van der Waals surface area (Å²) in [5.74, 6) is 2.10. The van der Waals surface area contributed by atoms with E-state index in [2.05, 4.69) is 32.2 Å². The molecule has 1 aliphatic rings. The summed E-state index contributed by atoms with van der Waals surface area (Å²) in [4.78, 5) is 14.6. The predicted octanol–water partition coefficient (Wildman–Crippen LogP) is 4.51. The number of hydrogen-bond donors (Lipinski definition) is 1. The second kappa shape index (κ2) is 10.00. The quantitative estimate of drug-likeness (QED) is 0.639. The highest BCUT2D eigenvalue weighted by molar-refractivity contribution is 9.10. The zero-order valence-corrected chi connectivity index (χ0v) is 19.3. The number of anilines is 1. The van der Waals surface area contributed by atoms with E-state index >= 15 is 0 Å². The second-order valence-electron chi connectivity index (χ2n) is 7.13. The lowest BCUT2D eigenvalue weighted by molar-refractivity contribution is -0.117. The summed E-state index contributed by atoms with van der Waals surface area (Å²) >= 11 is 3.44. The number of methoxy groups -OCH3 is 3. The monoisotopic (exact) mass is 474 g/mol. The van der Waals surface area contributed by atoms with E-state index in [0.717, 1.165) is 39.8 Å². The highest BCUT2D eigenvalue weighted by Crippen LogP contribution is 2.40. The second-order valence-corrected chi connectivity index (χ2v) is 8.04. The zero-order valence-electron chi connectivity index (χ0n) is 17.8. The Kier molecular flexibility index (Phi) is 7.39. The minimum atomic E-state index is -0.0168. The number of nitrogens with one attached hydrogen (secondary N) is 1. The van der Waals surface area contributed by atoms with Gasteiger partial charge in [0.1, 0.15) is 17.2 Å². The van der Waals surface area contributed by atoms with E-state index in [-0.39, 0.29) is 5.91 Å². The summed E-state index contributed by atoms with van der Waals surface area (Å²) in [5.41, 5.74) is 3.95. The van der Waals surface area contributed by atoms with Crippen molar-refractivity contribution >= 4 is 33.1 Å². The van der Waals surface area contributed by atoms with Gasteiger partial charge >= 0.3 is 0 Å². The first-order valence-electron chi connectivity index (χ1n) is 9.73. The van der Waals surface area contributed by atoms with Gasteiger partial charge in [-0.25, -0.2) is 0 Å². The summed E-state index contributed by atoms with van der Waals surface area (Å²) in [7, 11) is 4.90. The molecule has 2 aromatic carbocycles. The third-order valence-electron chi connectivity index (χ3n) is 5.16. The summed E-state index contributed by atoms with van der Waals surface area (Å²) in [6.45, 7) is 3.78. The van der Waals surface area contributed by atoms with Crippen molar-refractivity contribution in [3.63, 3.8) is 0 Å². The van der Waals surface area contributed by atoms with Crippen molar-refractivity contribution in [3.8, 4) is 17.2 Å². The number of halogens is 1. The Labute approximate surface area is 185 Å². The zero-order chi connectivity index (χ0) is 21.7. The van der Waals surface area contributed by atoms with Crippen LogP contribution in [-0.2, 0) is 4.79 Å². The fraction of sp³-hybridized carbons (Fsp3) is 0.348. The summed E-state index contributed by atoms with van der Waals surface area (Å²) < 4.78 is 17.5. The molecule has 0 saturated heterocycles. The Morgan fingerprint density at radius 2 is 1.80 bits per heavy atom. The van der Waals surface area contributed by atoms with E-state index in [0.29, 0.717) is 30.3 Å². The number of rotatable bonds is 7. The topological polar surface area (TPSA) is 60.0 Å². The normalized spacial score (nSPS) is 14.1. The maximum atomic E-state index is 12.5. The van der Waals surface area contributed by atoms with E-state index in [1.54, 1.807) is 21.3 Å². The number of carbonyl (C=O) groups excluding carboxylic acids is 1. The van der Waals surface area contributed by atoms with E-state index in [4.69, 9.17) is 14.2 Å². The molecule has 6 nitrogen and oxygen atoms in total. The van der Waals surface area contributed by atoms with Crippen LogP contribution in [0.3, 0.4) is 0 Å². The fourth-order valence-electron chi connectivity index (χ4n) is 3.56. The Balaban J connectivity index is 1.69. The molecule has 0 fully saturated rings. The molecule has 1 N–H and O–H groups in total. The summed E-state index contributed by atoms with van der Waals surface area (Å²) in [6.07, 6.45) is 2.93. The minimum Gasteiger partial charge on any atom is -0.496 e. The number of amides is 1. The van der Waals surface area contributed by atoms with Crippen LogP contribution < -0.4 is 19.5 Å². The average molecular weight is 475 g/mol. The van der Waals surface area contributed by atoms with Gasteiger partial charge in [0, 0.05) is 35.4 Å². The number of benzene rings is 2. The van der Waals surface area contributed by atoms with Gasteiger partial charge in [-0.15, -0.1) is 0 Å². The van der Waals surface area contributed by atoms with E-state index in [9.17, 15) is 4.79 Å². The molecular formula is C23H27BrN2O4. The Morgan fingerprint density at radius 1 is 1.10 bits per heavy atom. The molecule has 0 saturated carbocycles. The van der Waals surface area contributed by atoms with E-state index < -0.39 is 0 Å². The molecule has 0 aromatic heterocycles. The van der Waals surface area contributed by atoms with Gasteiger partial charge in [0.05, 0.1) is 33.4 Å². The average Bonchev–Trinajstić information content (AvgIpc) is 2.75. The molecule has 160 valence electrons. The molecule has 0 spiro atoms. The maximum Gasteiger partial charge on any atom is 0.238 e. The van der Waals surface area contributed by atoms with Gasteiger partial charge < -0.3 is 19.5 Å². The lowest BCUT2D eigenvalue weighted by Crippen LogP contribution is -2.36. The van der Waals surface area contributed by atoms with Crippen molar-refractivity contribution in [2.75, 3.05) is 46.3 Å². The molecular weight excluding hydrogens is 448 g/mol. The maximum absolute atomic E-state index is 12.5. The summed E-state index contributed by atoms with van der Waals surface area (Å²) in [5, 5.41) is 3.00. The minimum absolute atomic E-state index is 0.0168. The molecule has 1 heterocycles. The molecule has 0 bridgehead atoms. The molecule has 0 atom stereocenters. The third-order valence-corrected chi connectivity index (χ3v) is 5.65. The van der Waals surface area contributed by atoms with Crippen LogP contribution in [0.15, 0.2) is 40.9 Å². The SMILES string of the molecule is COc1cc(OC)c(C2=CCN(CC(=O)Nc3ccc(Br)cc3C)CC2)c(OC)c1. The number of carbonyl (C=O) groups is 1. The van der Waals surface area contributed by atoms with Crippen molar-refractivity contribution in [2.45, 2.75) is 13.3 Å². The Morgan fingerprint density at radius 3 is 2.33 bits per heavy atom. The first kappa shape index (κ1) is 22.2. The van der Waals surface area contributed by atoms with Crippen LogP contribution in [0.4, 0.5) is 5.69 Å². The van der Waals surface area contributed by atoms with Gasteiger partial charge in [0.15, 0.2) is 0 Å². The van der Waals surface area contributed by atoms with Gasteiger partial charge in [-0.05, 0) is 42.7 Å². The van der Waals surface area contributed by atoms with Gasteiger partial charge in [0.25, 0.3) is 0 Å². The third kappa shape index (κ3) is 5.15. The Hall–Kier alpha value is -2.51. The number of ether oxygens (including phenoxy) is 3. The Bertz CT molecular complexity index is 933. The van der Waals surface area contributed by atoms with Crippen molar-refractivity contribution in [1.82, 2.24) is 4.90 Å². The lowest BCUT2D eigenvalue weighted by atomic mass is 9.97. The molecule has 7 heteroatoms. The van der Waals surface area contributed by atoms with Crippen LogP contribution in [-0.4, -0.2) is 51.8 Å². The standard InChI is InChI=1S/C23H27BrN2O4/c1-15-11-17(24)5-6-19(15)25-22(27)14-26-9-7-16(8-10-26)23-20(29-3)12-18(28-2)13-21(23)30-4/h5-7,11-13H,8-10,14H2,1-4H3,(H,25,27). The molecule has 2 aromatic rings. The van der Waals surface area contributed by atoms with Gasteiger partial charge in [-0.1, -0.05) is 22.0 Å². The van der Waals surface area contributed by atoms with Gasteiger partial charge in [-0.2, -0.15) is 0 Å². The molecule has 1 amide bonds. The number of hydrogen-bond acceptors (Lipinski definition) is 5. The largest absolute Gasteiger partial charge is 0.496 e. The van der Waals surface area contributed by atoms with Crippen LogP contribution in [0, 0.1) is 6.92 Å². The van der Waals surface area contributed by atoms with Gasteiger partial charge in [0.2, 0.25) is 5.91 Å². The smallest absolute Gasteiger partial charge is 0.238 e. The van der Waals surface area contributed by atoms with Crippen LogP contribution in [0.1, 0.15) is 17.5 Å². The fourth-order valence-corrected chi connectivity index (χ4v) is 4.04. The number of nitrogens with zero attached hydrogens (tertiary/aromatic N) is 1. The highest BCUT2D eigenvalue weighted by Gasteiger charge is 2.22.